The standard InChI is InChI=1S/C14H18O2/c1-11-10-16-14(2,8-12(11)9-15)13-6-4-3-5-7-13/h3-7,12,15H,1,8-10H2,2H3/t12-,14?/m0/s1. The average Bonchev–Trinajstić information content (AvgIpc) is 2.34. The van der Waals surface area contributed by atoms with Crippen LogP contribution in [0.1, 0.15) is 18.9 Å². The summed E-state index contributed by atoms with van der Waals surface area (Å²) in [5, 5.41) is 9.32. The third-order valence-corrected chi connectivity index (χ3v) is 3.39. The van der Waals surface area contributed by atoms with Gasteiger partial charge in [0.25, 0.3) is 0 Å². The number of ether oxygens (including phenoxy) is 1. The second-order valence-corrected chi connectivity index (χ2v) is 4.63. The summed E-state index contributed by atoms with van der Waals surface area (Å²) in [5.74, 6) is 0.152. The maximum atomic E-state index is 9.32. The maximum absolute atomic E-state index is 9.32. The lowest BCUT2D eigenvalue weighted by Crippen LogP contribution is -2.37. The van der Waals surface area contributed by atoms with E-state index in [-0.39, 0.29) is 18.1 Å². The van der Waals surface area contributed by atoms with Gasteiger partial charge in [-0.25, -0.2) is 0 Å². The van der Waals surface area contributed by atoms with E-state index in [2.05, 4.69) is 25.6 Å². The van der Waals surface area contributed by atoms with E-state index in [9.17, 15) is 5.11 Å². The zero-order valence-electron chi connectivity index (χ0n) is 9.65. The van der Waals surface area contributed by atoms with E-state index < -0.39 is 0 Å². The summed E-state index contributed by atoms with van der Waals surface area (Å²) < 4.78 is 5.89. The van der Waals surface area contributed by atoms with E-state index in [0.717, 1.165) is 12.0 Å². The molecule has 86 valence electrons. The van der Waals surface area contributed by atoms with Gasteiger partial charge in [0.05, 0.1) is 12.2 Å². The molecule has 0 radical (unpaired) electrons. The summed E-state index contributed by atoms with van der Waals surface area (Å²) in [4.78, 5) is 0. The lowest BCUT2D eigenvalue weighted by Gasteiger charge is -2.39. The third-order valence-electron chi connectivity index (χ3n) is 3.39. The fourth-order valence-electron chi connectivity index (χ4n) is 2.23. The Bertz CT molecular complexity index is 372. The van der Waals surface area contributed by atoms with Crippen molar-refractivity contribution in [3.63, 3.8) is 0 Å². The molecule has 1 unspecified atom stereocenters. The van der Waals surface area contributed by atoms with Gasteiger partial charge < -0.3 is 9.84 Å². The molecule has 1 aromatic carbocycles. The van der Waals surface area contributed by atoms with E-state index in [0.29, 0.717) is 6.61 Å². The SMILES string of the molecule is C=C1COC(C)(c2ccccc2)C[C@H]1CO. The molecule has 1 aromatic rings. The van der Waals surface area contributed by atoms with Crippen LogP contribution in [0, 0.1) is 5.92 Å². The molecular formula is C14H18O2. The summed E-state index contributed by atoms with van der Waals surface area (Å²) in [6, 6.07) is 10.2. The van der Waals surface area contributed by atoms with Gasteiger partial charge in [-0.3, -0.25) is 0 Å². The van der Waals surface area contributed by atoms with Crippen LogP contribution in [0.3, 0.4) is 0 Å². The van der Waals surface area contributed by atoms with E-state index in [1.165, 1.54) is 5.56 Å². The summed E-state index contributed by atoms with van der Waals surface area (Å²) in [6.45, 7) is 6.72. The highest BCUT2D eigenvalue weighted by atomic mass is 16.5. The predicted octanol–water partition coefficient (Wildman–Crippen LogP) is 2.49. The molecular weight excluding hydrogens is 200 g/mol. The predicted molar refractivity (Wildman–Crippen MR) is 64.1 cm³/mol. The molecule has 0 spiro atoms. The van der Waals surface area contributed by atoms with Gasteiger partial charge in [0, 0.05) is 12.5 Å². The Hall–Kier alpha value is -1.12. The monoisotopic (exact) mass is 218 g/mol. The topological polar surface area (TPSA) is 29.5 Å². The van der Waals surface area contributed by atoms with E-state index in [1.54, 1.807) is 0 Å². The van der Waals surface area contributed by atoms with Crippen LogP contribution in [0.2, 0.25) is 0 Å². The van der Waals surface area contributed by atoms with Gasteiger partial charge in [-0.05, 0) is 24.5 Å². The summed E-state index contributed by atoms with van der Waals surface area (Å²) in [5.41, 5.74) is 1.87. The zero-order valence-corrected chi connectivity index (χ0v) is 9.65. The van der Waals surface area contributed by atoms with Gasteiger partial charge >= 0.3 is 0 Å². The molecule has 1 saturated heterocycles. The van der Waals surface area contributed by atoms with E-state index in [4.69, 9.17) is 4.74 Å². The average molecular weight is 218 g/mol. The van der Waals surface area contributed by atoms with Crippen molar-refractivity contribution in [1.82, 2.24) is 0 Å². The van der Waals surface area contributed by atoms with Crippen LogP contribution < -0.4 is 0 Å². The van der Waals surface area contributed by atoms with Crippen LogP contribution >= 0.6 is 0 Å². The quantitative estimate of drug-likeness (QED) is 0.773. The van der Waals surface area contributed by atoms with Gasteiger partial charge in [-0.2, -0.15) is 0 Å². The van der Waals surface area contributed by atoms with Crippen LogP contribution in [-0.4, -0.2) is 18.3 Å². The molecule has 2 nitrogen and oxygen atoms in total. The molecule has 16 heavy (non-hydrogen) atoms. The molecule has 0 aromatic heterocycles. The van der Waals surface area contributed by atoms with Crippen LogP contribution in [0.5, 0.6) is 0 Å². The number of hydrogen-bond donors (Lipinski definition) is 1. The normalized spacial score (nSPS) is 30.4. The highest BCUT2D eigenvalue weighted by Gasteiger charge is 2.36. The van der Waals surface area contributed by atoms with Crippen LogP contribution in [0.15, 0.2) is 42.5 Å². The Morgan fingerprint density at radius 2 is 2.12 bits per heavy atom. The zero-order chi connectivity index (χ0) is 11.6. The number of aliphatic hydroxyl groups is 1. The Labute approximate surface area is 96.6 Å². The minimum atomic E-state index is -0.296. The first-order valence-electron chi connectivity index (χ1n) is 5.64. The number of benzene rings is 1. The van der Waals surface area contributed by atoms with Gasteiger partial charge in [0.1, 0.15) is 0 Å². The molecule has 0 bridgehead atoms. The van der Waals surface area contributed by atoms with Crippen molar-refractivity contribution >= 4 is 0 Å². The van der Waals surface area contributed by atoms with Gasteiger partial charge in [0.15, 0.2) is 0 Å². The Morgan fingerprint density at radius 1 is 1.44 bits per heavy atom. The Balaban J connectivity index is 2.23. The van der Waals surface area contributed by atoms with Crippen molar-refractivity contribution in [1.29, 1.82) is 0 Å². The van der Waals surface area contributed by atoms with Gasteiger partial charge in [-0.15, -0.1) is 0 Å². The van der Waals surface area contributed by atoms with Crippen molar-refractivity contribution in [3.05, 3.63) is 48.0 Å². The lowest BCUT2D eigenvalue weighted by atomic mass is 9.81. The molecule has 0 aliphatic carbocycles. The second kappa shape index (κ2) is 4.40. The van der Waals surface area contributed by atoms with Crippen molar-refractivity contribution in [2.75, 3.05) is 13.2 Å². The van der Waals surface area contributed by atoms with Crippen LogP contribution in [0.4, 0.5) is 0 Å². The molecule has 2 rings (SSSR count). The molecule has 1 aliphatic rings. The fourth-order valence-corrected chi connectivity index (χ4v) is 2.23. The minimum Gasteiger partial charge on any atom is -0.396 e. The lowest BCUT2D eigenvalue weighted by molar-refractivity contribution is -0.0708. The number of hydrogen-bond acceptors (Lipinski definition) is 2. The van der Waals surface area contributed by atoms with Crippen LogP contribution in [0.25, 0.3) is 0 Å². The first-order valence-corrected chi connectivity index (χ1v) is 5.64. The Kier molecular flexibility index (Phi) is 3.13. The van der Waals surface area contributed by atoms with Crippen molar-refractivity contribution < 1.29 is 9.84 Å². The van der Waals surface area contributed by atoms with Crippen molar-refractivity contribution in [2.24, 2.45) is 5.92 Å². The molecule has 1 N–H and O–H groups in total. The largest absolute Gasteiger partial charge is 0.396 e. The van der Waals surface area contributed by atoms with E-state index >= 15 is 0 Å². The molecule has 2 heteroatoms. The summed E-state index contributed by atoms with van der Waals surface area (Å²) in [7, 11) is 0. The third kappa shape index (κ3) is 2.04. The van der Waals surface area contributed by atoms with Crippen molar-refractivity contribution in [2.45, 2.75) is 18.9 Å². The van der Waals surface area contributed by atoms with Crippen LogP contribution in [-0.2, 0) is 10.3 Å². The first-order chi connectivity index (χ1) is 7.65. The second-order valence-electron chi connectivity index (χ2n) is 4.63. The molecule has 0 amide bonds. The minimum absolute atomic E-state index is 0.152. The van der Waals surface area contributed by atoms with Gasteiger partial charge in [-0.1, -0.05) is 36.9 Å². The smallest absolute Gasteiger partial charge is 0.0914 e. The molecule has 2 atom stereocenters. The summed E-state index contributed by atoms with van der Waals surface area (Å²) in [6.07, 6.45) is 0.798. The highest BCUT2D eigenvalue weighted by molar-refractivity contribution is 5.24. The maximum Gasteiger partial charge on any atom is 0.0914 e. The number of rotatable bonds is 2. The van der Waals surface area contributed by atoms with Gasteiger partial charge in [0.2, 0.25) is 0 Å². The molecule has 1 fully saturated rings. The fraction of sp³-hybridized carbons (Fsp3) is 0.429. The summed E-state index contributed by atoms with van der Waals surface area (Å²) >= 11 is 0. The highest BCUT2D eigenvalue weighted by Crippen LogP contribution is 2.38. The Morgan fingerprint density at radius 3 is 2.75 bits per heavy atom. The molecule has 0 saturated carbocycles. The van der Waals surface area contributed by atoms with E-state index in [1.807, 2.05) is 18.2 Å². The molecule has 1 heterocycles. The first kappa shape index (κ1) is 11.4. The number of aliphatic hydroxyl groups excluding tert-OH is 1. The van der Waals surface area contributed by atoms with Crippen molar-refractivity contribution in [3.8, 4) is 0 Å². The molecule has 1 aliphatic heterocycles.